The van der Waals surface area contributed by atoms with Crippen molar-refractivity contribution in [3.05, 3.63) is 83.8 Å². The molecule has 0 radical (unpaired) electrons. The molecular formula is C23H25FN4O2. The maximum atomic E-state index is 13.0. The topological polar surface area (TPSA) is 67.8 Å². The average Bonchev–Trinajstić information content (AvgIpc) is 2.78. The number of methoxy groups -OCH3 is 1. The first-order valence-corrected chi connectivity index (χ1v) is 9.69. The molecule has 3 aromatic rings. The molecule has 0 atom stereocenters. The molecule has 0 fully saturated rings. The number of ether oxygens (including phenoxy) is 2. The summed E-state index contributed by atoms with van der Waals surface area (Å²) in [6, 6.07) is 17.4. The van der Waals surface area contributed by atoms with Crippen molar-refractivity contribution in [2.75, 3.05) is 13.7 Å². The molecule has 2 aromatic carbocycles. The first kappa shape index (κ1) is 21.1. The van der Waals surface area contributed by atoms with Gasteiger partial charge >= 0.3 is 0 Å². The molecule has 3 rings (SSSR count). The van der Waals surface area contributed by atoms with Crippen LogP contribution in [0.4, 0.5) is 4.39 Å². The zero-order valence-electron chi connectivity index (χ0n) is 17.1. The molecule has 0 amide bonds. The minimum Gasteiger partial charge on any atom is -0.497 e. The van der Waals surface area contributed by atoms with Crippen LogP contribution in [-0.2, 0) is 13.1 Å². The maximum absolute atomic E-state index is 13.0. The van der Waals surface area contributed by atoms with Crippen LogP contribution in [0.2, 0.25) is 0 Å². The number of benzene rings is 2. The highest BCUT2D eigenvalue weighted by atomic mass is 19.1. The molecule has 156 valence electrons. The van der Waals surface area contributed by atoms with E-state index in [0.717, 1.165) is 23.4 Å². The van der Waals surface area contributed by atoms with Crippen molar-refractivity contribution in [3.63, 3.8) is 0 Å². The number of rotatable bonds is 8. The van der Waals surface area contributed by atoms with Crippen LogP contribution in [0.15, 0.2) is 71.9 Å². The number of aromatic nitrogens is 1. The number of aliphatic imine (C=N–C) groups is 1. The van der Waals surface area contributed by atoms with Crippen LogP contribution in [0.3, 0.4) is 0 Å². The Balaban J connectivity index is 1.61. The van der Waals surface area contributed by atoms with Crippen molar-refractivity contribution in [2.24, 2.45) is 4.99 Å². The lowest BCUT2D eigenvalue weighted by Gasteiger charge is -2.12. The molecule has 0 saturated carbocycles. The van der Waals surface area contributed by atoms with E-state index in [4.69, 9.17) is 9.47 Å². The molecule has 0 aliphatic carbocycles. The molecule has 2 N–H and O–H groups in total. The lowest BCUT2D eigenvalue weighted by atomic mass is 10.2. The molecular weight excluding hydrogens is 383 g/mol. The van der Waals surface area contributed by atoms with Crippen LogP contribution in [0.1, 0.15) is 18.1 Å². The van der Waals surface area contributed by atoms with E-state index in [1.807, 2.05) is 43.3 Å². The van der Waals surface area contributed by atoms with Gasteiger partial charge in [-0.3, -0.25) is 0 Å². The summed E-state index contributed by atoms with van der Waals surface area (Å²) < 4.78 is 23.9. The van der Waals surface area contributed by atoms with Gasteiger partial charge in [-0.2, -0.15) is 0 Å². The van der Waals surface area contributed by atoms with Crippen LogP contribution in [0, 0.1) is 5.82 Å². The molecule has 0 unspecified atom stereocenters. The number of guanidine groups is 1. The number of nitrogens with one attached hydrogen (secondary N) is 2. The third-order valence-corrected chi connectivity index (χ3v) is 4.22. The van der Waals surface area contributed by atoms with Gasteiger partial charge in [0.2, 0.25) is 5.88 Å². The van der Waals surface area contributed by atoms with Crippen molar-refractivity contribution >= 4 is 5.96 Å². The second kappa shape index (κ2) is 10.8. The van der Waals surface area contributed by atoms with Crippen molar-refractivity contribution in [2.45, 2.75) is 20.0 Å². The highest BCUT2D eigenvalue weighted by molar-refractivity contribution is 5.79. The summed E-state index contributed by atoms with van der Waals surface area (Å²) in [5, 5.41) is 6.56. The Morgan fingerprint density at radius 1 is 0.967 bits per heavy atom. The van der Waals surface area contributed by atoms with Gasteiger partial charge in [0.25, 0.3) is 0 Å². The van der Waals surface area contributed by atoms with Gasteiger partial charge in [-0.1, -0.05) is 12.1 Å². The summed E-state index contributed by atoms with van der Waals surface area (Å²) in [6.07, 6.45) is 1.67. The van der Waals surface area contributed by atoms with Crippen LogP contribution >= 0.6 is 0 Å². The molecule has 6 nitrogen and oxygen atoms in total. The molecule has 1 aromatic heterocycles. The van der Waals surface area contributed by atoms with E-state index in [2.05, 4.69) is 20.6 Å². The molecule has 0 aliphatic rings. The normalized spacial score (nSPS) is 11.1. The second-order valence-corrected chi connectivity index (χ2v) is 6.46. The largest absolute Gasteiger partial charge is 0.497 e. The Kier molecular flexibility index (Phi) is 7.60. The van der Waals surface area contributed by atoms with Crippen molar-refractivity contribution in [1.82, 2.24) is 15.6 Å². The van der Waals surface area contributed by atoms with Gasteiger partial charge in [-0.15, -0.1) is 0 Å². The van der Waals surface area contributed by atoms with E-state index in [9.17, 15) is 4.39 Å². The SMILES string of the molecule is CCNC(=NCc1ccnc(Oc2ccc(F)cc2)c1)NCc1ccc(OC)cc1. The Morgan fingerprint density at radius 3 is 2.40 bits per heavy atom. The van der Waals surface area contributed by atoms with E-state index >= 15 is 0 Å². The maximum Gasteiger partial charge on any atom is 0.219 e. The molecule has 0 aliphatic heterocycles. The van der Waals surface area contributed by atoms with Crippen LogP contribution in [0.25, 0.3) is 0 Å². The van der Waals surface area contributed by atoms with Crippen LogP contribution in [0.5, 0.6) is 17.4 Å². The van der Waals surface area contributed by atoms with Gasteiger partial charge in [0.15, 0.2) is 5.96 Å². The smallest absolute Gasteiger partial charge is 0.219 e. The first-order chi connectivity index (χ1) is 14.7. The Hall–Kier alpha value is -3.61. The van der Waals surface area contributed by atoms with E-state index in [1.54, 1.807) is 25.4 Å². The number of pyridine rings is 1. The zero-order chi connectivity index (χ0) is 21.2. The van der Waals surface area contributed by atoms with E-state index in [-0.39, 0.29) is 5.82 Å². The van der Waals surface area contributed by atoms with Crippen LogP contribution in [-0.4, -0.2) is 24.6 Å². The highest BCUT2D eigenvalue weighted by Crippen LogP contribution is 2.20. The van der Waals surface area contributed by atoms with E-state index in [1.165, 1.54) is 12.1 Å². The summed E-state index contributed by atoms with van der Waals surface area (Å²) in [7, 11) is 1.65. The van der Waals surface area contributed by atoms with E-state index < -0.39 is 0 Å². The second-order valence-electron chi connectivity index (χ2n) is 6.46. The lowest BCUT2D eigenvalue weighted by molar-refractivity contribution is 0.414. The van der Waals surface area contributed by atoms with Gasteiger partial charge < -0.3 is 20.1 Å². The fourth-order valence-corrected chi connectivity index (χ4v) is 2.67. The van der Waals surface area contributed by atoms with Gasteiger partial charge in [0.05, 0.1) is 13.7 Å². The lowest BCUT2D eigenvalue weighted by Crippen LogP contribution is -2.36. The molecule has 30 heavy (non-hydrogen) atoms. The van der Waals surface area contributed by atoms with Gasteiger partial charge in [-0.05, 0) is 60.5 Å². The fourth-order valence-electron chi connectivity index (χ4n) is 2.67. The summed E-state index contributed by atoms with van der Waals surface area (Å²) in [6.45, 7) is 3.88. The summed E-state index contributed by atoms with van der Waals surface area (Å²) in [5.41, 5.74) is 2.07. The van der Waals surface area contributed by atoms with Gasteiger partial charge in [0, 0.05) is 25.4 Å². The minimum absolute atomic E-state index is 0.309. The predicted molar refractivity (Wildman–Crippen MR) is 115 cm³/mol. The van der Waals surface area contributed by atoms with E-state index in [0.29, 0.717) is 30.7 Å². The Bertz CT molecular complexity index is 960. The summed E-state index contributed by atoms with van der Waals surface area (Å²) in [5.74, 6) is 2.20. The minimum atomic E-state index is -0.309. The molecule has 1 heterocycles. The predicted octanol–water partition coefficient (Wildman–Crippen LogP) is 4.28. The van der Waals surface area contributed by atoms with Crippen LogP contribution < -0.4 is 20.1 Å². The number of nitrogens with zero attached hydrogens (tertiary/aromatic N) is 2. The third-order valence-electron chi connectivity index (χ3n) is 4.22. The average molecular weight is 408 g/mol. The quantitative estimate of drug-likeness (QED) is 0.430. The van der Waals surface area contributed by atoms with Gasteiger partial charge in [-0.25, -0.2) is 14.4 Å². The summed E-state index contributed by atoms with van der Waals surface area (Å²) in [4.78, 5) is 8.83. The number of halogens is 1. The highest BCUT2D eigenvalue weighted by Gasteiger charge is 2.03. The molecule has 0 bridgehead atoms. The van der Waals surface area contributed by atoms with Crippen molar-refractivity contribution in [1.29, 1.82) is 0 Å². The van der Waals surface area contributed by atoms with Crippen molar-refractivity contribution in [3.8, 4) is 17.4 Å². The van der Waals surface area contributed by atoms with Gasteiger partial charge in [0.1, 0.15) is 17.3 Å². The monoisotopic (exact) mass is 408 g/mol. The molecule has 7 heteroatoms. The standard InChI is InChI=1S/C23H25FN4O2/c1-3-25-23(27-15-17-4-8-20(29-2)9-5-17)28-16-18-12-13-26-22(14-18)30-21-10-6-19(24)7-11-21/h4-14H,3,15-16H2,1-2H3,(H2,25,27,28). The number of hydrogen-bond donors (Lipinski definition) is 2. The van der Waals surface area contributed by atoms with Crippen molar-refractivity contribution < 1.29 is 13.9 Å². The third kappa shape index (κ3) is 6.48. The first-order valence-electron chi connectivity index (χ1n) is 9.69. The number of hydrogen-bond acceptors (Lipinski definition) is 4. The summed E-state index contributed by atoms with van der Waals surface area (Å²) >= 11 is 0. The Morgan fingerprint density at radius 2 is 1.70 bits per heavy atom. The molecule has 0 saturated heterocycles. The zero-order valence-corrected chi connectivity index (χ0v) is 17.1. The Labute approximate surface area is 175 Å². The fraction of sp³-hybridized carbons (Fsp3) is 0.217. The molecule has 0 spiro atoms.